The van der Waals surface area contributed by atoms with E-state index in [4.69, 9.17) is 4.74 Å². The largest absolute Gasteiger partial charge is 0.457 e. The molecule has 39 heavy (non-hydrogen) atoms. The molecule has 0 saturated heterocycles. The number of carbonyl (C=O) groups is 3. The number of rotatable bonds is 6. The average Bonchev–Trinajstić information content (AvgIpc) is 3.50. The van der Waals surface area contributed by atoms with Gasteiger partial charge in [-0.05, 0) is 68.1 Å². The molecule has 1 saturated carbocycles. The van der Waals surface area contributed by atoms with E-state index in [1.165, 1.54) is 18.7 Å². The van der Waals surface area contributed by atoms with E-state index in [1.54, 1.807) is 11.1 Å². The highest BCUT2D eigenvalue weighted by Crippen LogP contribution is 2.51. The van der Waals surface area contributed by atoms with E-state index in [0.717, 1.165) is 46.9 Å². The summed E-state index contributed by atoms with van der Waals surface area (Å²) in [6, 6.07) is 16.0. The van der Waals surface area contributed by atoms with E-state index in [0.29, 0.717) is 11.4 Å². The zero-order valence-electron chi connectivity index (χ0n) is 21.6. The van der Waals surface area contributed by atoms with Crippen LogP contribution in [0, 0.1) is 6.92 Å². The van der Waals surface area contributed by atoms with Gasteiger partial charge in [0.15, 0.2) is 0 Å². The number of aryl methyl sites for hydroxylation is 1. The number of carbonyl (C=O) groups excluding carboxylic acids is 3. The molecular weight excluding hydrogens is 514 g/mol. The van der Waals surface area contributed by atoms with Gasteiger partial charge in [-0.25, -0.2) is 9.78 Å². The van der Waals surface area contributed by atoms with Crippen molar-refractivity contribution in [3.05, 3.63) is 71.9 Å². The molecule has 3 N–H and O–H groups in total. The van der Waals surface area contributed by atoms with Crippen molar-refractivity contribution in [1.82, 2.24) is 20.9 Å². The first-order chi connectivity index (χ1) is 18.9. The zero-order valence-corrected chi connectivity index (χ0v) is 22.5. The normalized spacial score (nSPS) is 23.1. The van der Waals surface area contributed by atoms with Crippen LogP contribution in [0.25, 0.3) is 0 Å². The molecular formula is C29H29N5O4S. The third kappa shape index (κ3) is 4.80. The third-order valence-corrected chi connectivity index (χ3v) is 8.67. The maximum Gasteiger partial charge on any atom is 0.327 e. The standard InChI is InChI=1S/C29H29N5O4S/c1-16-15-19(38-18-7-4-3-5-8-18)11-12-22(16)34-23-13-14-30-28-24(23)25(33-29(34)37)26(39-28)27(36)32-21-10-6-9-20(21)31-17(2)35/h3-5,7-8,11-15,20-21,25-26H,6,9-10H2,1-2H3,(H,31,35)(H,32,36)(H,33,37)/t20-,21+,25?,26?/m1/s1. The molecule has 0 radical (unpaired) electrons. The molecule has 1 aromatic heterocycles. The number of nitrogens with zero attached hydrogens (tertiary/aromatic N) is 2. The van der Waals surface area contributed by atoms with Crippen LogP contribution in [0.1, 0.15) is 43.4 Å². The maximum atomic E-state index is 13.5. The monoisotopic (exact) mass is 543 g/mol. The van der Waals surface area contributed by atoms with Gasteiger partial charge in [0.2, 0.25) is 11.8 Å². The van der Waals surface area contributed by atoms with Crippen LogP contribution >= 0.6 is 11.8 Å². The lowest BCUT2D eigenvalue weighted by atomic mass is 9.99. The minimum absolute atomic E-state index is 0.0813. The van der Waals surface area contributed by atoms with Crippen molar-refractivity contribution in [1.29, 1.82) is 0 Å². The van der Waals surface area contributed by atoms with Crippen molar-refractivity contribution in [3.63, 3.8) is 0 Å². The van der Waals surface area contributed by atoms with E-state index in [-0.39, 0.29) is 29.9 Å². The lowest BCUT2D eigenvalue weighted by molar-refractivity contribution is -0.123. The minimum atomic E-state index is -0.555. The summed E-state index contributed by atoms with van der Waals surface area (Å²) >= 11 is 1.36. The third-order valence-electron chi connectivity index (χ3n) is 7.38. The molecule has 1 aliphatic carbocycles. The fourth-order valence-corrected chi connectivity index (χ4v) is 6.90. The number of hydrogen-bond donors (Lipinski definition) is 3. The molecule has 1 fully saturated rings. The first-order valence-corrected chi connectivity index (χ1v) is 13.9. The van der Waals surface area contributed by atoms with Gasteiger partial charge < -0.3 is 20.7 Å². The van der Waals surface area contributed by atoms with Crippen molar-refractivity contribution in [2.45, 2.75) is 61.5 Å². The second kappa shape index (κ2) is 10.3. The summed E-state index contributed by atoms with van der Waals surface area (Å²) in [5, 5.41) is 9.32. The SMILES string of the molecule is CC(=O)N[C@@H]1CCC[C@@H]1NC(=O)C1Sc2nccc3c2C1NC(=O)N3c1ccc(Oc2ccccc2)cc1C. The second-order valence-electron chi connectivity index (χ2n) is 10.1. The summed E-state index contributed by atoms with van der Waals surface area (Å²) in [5.41, 5.74) is 3.15. The Labute approximate surface area is 230 Å². The molecule has 3 aliphatic rings. The number of hydrogen-bond acceptors (Lipinski definition) is 6. The molecule has 3 heterocycles. The van der Waals surface area contributed by atoms with E-state index in [9.17, 15) is 14.4 Å². The number of para-hydroxylation sites is 1. The summed E-state index contributed by atoms with van der Waals surface area (Å²) in [5.74, 6) is 1.14. The Morgan fingerprint density at radius 1 is 1.03 bits per heavy atom. The van der Waals surface area contributed by atoms with Gasteiger partial charge in [0.1, 0.15) is 21.8 Å². The number of anilines is 2. The Hall–Kier alpha value is -4.05. The van der Waals surface area contributed by atoms with Gasteiger partial charge in [-0.1, -0.05) is 30.0 Å². The van der Waals surface area contributed by atoms with Crippen LogP contribution in [0.2, 0.25) is 0 Å². The first-order valence-electron chi connectivity index (χ1n) is 13.1. The van der Waals surface area contributed by atoms with Crippen LogP contribution in [0.4, 0.5) is 16.2 Å². The van der Waals surface area contributed by atoms with Crippen molar-refractivity contribution in [2.75, 3.05) is 4.90 Å². The number of thioether (sulfide) groups is 1. The second-order valence-corrected chi connectivity index (χ2v) is 11.2. The first kappa shape index (κ1) is 25.2. The number of nitrogens with one attached hydrogen (secondary N) is 3. The number of urea groups is 1. The molecule has 3 aromatic rings. The highest BCUT2D eigenvalue weighted by molar-refractivity contribution is 8.01. The summed E-state index contributed by atoms with van der Waals surface area (Å²) in [6.45, 7) is 3.43. The van der Waals surface area contributed by atoms with Crippen LogP contribution in [0.3, 0.4) is 0 Å². The fourth-order valence-electron chi connectivity index (χ4n) is 5.66. The van der Waals surface area contributed by atoms with Crippen LogP contribution < -0.4 is 25.6 Å². The number of amides is 4. The molecule has 4 amide bonds. The van der Waals surface area contributed by atoms with E-state index in [2.05, 4.69) is 20.9 Å². The Morgan fingerprint density at radius 3 is 2.54 bits per heavy atom. The van der Waals surface area contributed by atoms with Crippen LogP contribution in [0.5, 0.6) is 11.5 Å². The molecule has 4 atom stereocenters. The lowest BCUT2D eigenvalue weighted by Gasteiger charge is -2.35. The Balaban J connectivity index is 1.25. The predicted molar refractivity (Wildman–Crippen MR) is 148 cm³/mol. The number of aromatic nitrogens is 1. The summed E-state index contributed by atoms with van der Waals surface area (Å²) in [4.78, 5) is 44.8. The molecule has 2 unspecified atom stereocenters. The predicted octanol–water partition coefficient (Wildman–Crippen LogP) is 4.73. The van der Waals surface area contributed by atoms with E-state index < -0.39 is 11.3 Å². The molecule has 2 aliphatic heterocycles. The van der Waals surface area contributed by atoms with Gasteiger partial charge in [0, 0.05) is 30.8 Å². The van der Waals surface area contributed by atoms with Gasteiger partial charge in [-0.2, -0.15) is 0 Å². The molecule has 0 spiro atoms. The van der Waals surface area contributed by atoms with Gasteiger partial charge in [0.05, 0.1) is 17.4 Å². The summed E-state index contributed by atoms with van der Waals surface area (Å²) in [6.07, 6.45) is 4.25. The molecule has 200 valence electrons. The number of pyridine rings is 1. The highest BCUT2D eigenvalue weighted by atomic mass is 32.2. The van der Waals surface area contributed by atoms with Gasteiger partial charge >= 0.3 is 6.03 Å². The van der Waals surface area contributed by atoms with E-state index in [1.807, 2.05) is 61.5 Å². The molecule has 10 heteroatoms. The van der Waals surface area contributed by atoms with E-state index >= 15 is 0 Å². The Bertz CT molecular complexity index is 1450. The molecule has 9 nitrogen and oxygen atoms in total. The minimum Gasteiger partial charge on any atom is -0.457 e. The quantitative estimate of drug-likeness (QED) is 0.414. The number of benzene rings is 2. The van der Waals surface area contributed by atoms with Crippen LogP contribution in [-0.2, 0) is 9.59 Å². The van der Waals surface area contributed by atoms with Crippen molar-refractivity contribution in [3.8, 4) is 11.5 Å². The topological polar surface area (TPSA) is 113 Å². The Kier molecular flexibility index (Phi) is 6.64. The molecule has 6 rings (SSSR count). The smallest absolute Gasteiger partial charge is 0.327 e. The van der Waals surface area contributed by atoms with Crippen molar-refractivity contribution in [2.24, 2.45) is 0 Å². The summed E-state index contributed by atoms with van der Waals surface area (Å²) in [7, 11) is 0. The average molecular weight is 544 g/mol. The number of ether oxygens (including phenoxy) is 1. The summed E-state index contributed by atoms with van der Waals surface area (Å²) < 4.78 is 5.97. The fraction of sp³-hybridized carbons (Fsp3) is 0.310. The Morgan fingerprint density at radius 2 is 1.79 bits per heavy atom. The van der Waals surface area contributed by atoms with Crippen LogP contribution in [-0.4, -0.2) is 40.2 Å². The van der Waals surface area contributed by atoms with Gasteiger partial charge in [0.25, 0.3) is 0 Å². The lowest BCUT2D eigenvalue weighted by Crippen LogP contribution is -2.53. The van der Waals surface area contributed by atoms with Gasteiger partial charge in [-0.3, -0.25) is 14.5 Å². The van der Waals surface area contributed by atoms with Crippen molar-refractivity contribution < 1.29 is 19.1 Å². The highest BCUT2D eigenvalue weighted by Gasteiger charge is 2.47. The van der Waals surface area contributed by atoms with Crippen molar-refractivity contribution >= 4 is 41.0 Å². The maximum absolute atomic E-state index is 13.5. The molecule has 0 bridgehead atoms. The zero-order chi connectivity index (χ0) is 27.1. The van der Waals surface area contributed by atoms with Crippen LogP contribution in [0.15, 0.2) is 65.8 Å². The molecule has 2 aromatic carbocycles. The van der Waals surface area contributed by atoms with Gasteiger partial charge in [-0.15, -0.1) is 0 Å².